The molecule has 0 bridgehead atoms. The Morgan fingerprint density at radius 3 is 2.76 bits per heavy atom. The van der Waals surface area contributed by atoms with E-state index >= 15 is 0 Å². The Labute approximate surface area is 132 Å². The van der Waals surface area contributed by atoms with Gasteiger partial charge in [0.1, 0.15) is 18.1 Å². The molecule has 1 atom stereocenters. The van der Waals surface area contributed by atoms with Crippen LogP contribution in [0.25, 0.3) is 0 Å². The molecular weight excluding hydrogens is 311 g/mol. The van der Waals surface area contributed by atoms with Crippen LogP contribution in [0.2, 0.25) is 10.0 Å². The Bertz CT molecular complexity index is 713. The third kappa shape index (κ3) is 2.47. The normalized spacial score (nSPS) is 16.2. The van der Waals surface area contributed by atoms with Crippen LogP contribution in [0.4, 0.5) is 0 Å². The van der Waals surface area contributed by atoms with E-state index in [-0.39, 0.29) is 11.7 Å². The van der Waals surface area contributed by atoms with Gasteiger partial charge in [-0.3, -0.25) is 4.79 Å². The van der Waals surface area contributed by atoms with Gasteiger partial charge in [0.25, 0.3) is 0 Å². The van der Waals surface area contributed by atoms with Crippen molar-refractivity contribution in [3.63, 3.8) is 0 Å². The molecule has 3 nitrogen and oxygen atoms in total. The predicted octanol–water partition coefficient (Wildman–Crippen LogP) is 4.36. The van der Waals surface area contributed by atoms with Gasteiger partial charge in [-0.2, -0.15) is 0 Å². The lowest BCUT2D eigenvalue weighted by Gasteiger charge is -2.11. The zero-order valence-electron chi connectivity index (χ0n) is 11.2. The number of ketones is 1. The smallest absolute Gasteiger partial charge is 0.175 e. The maximum Gasteiger partial charge on any atom is 0.175 e. The van der Waals surface area contributed by atoms with E-state index < -0.39 is 0 Å². The number of carbonyl (C=O) groups excluding carboxylic acids is 1. The third-order valence-corrected chi connectivity index (χ3v) is 4.13. The van der Waals surface area contributed by atoms with Crippen molar-refractivity contribution in [2.45, 2.75) is 5.92 Å². The van der Waals surface area contributed by atoms with Crippen LogP contribution in [0, 0.1) is 0 Å². The molecule has 108 valence electrons. The van der Waals surface area contributed by atoms with E-state index in [0.29, 0.717) is 28.0 Å². The van der Waals surface area contributed by atoms with E-state index in [1.807, 2.05) is 24.3 Å². The molecule has 0 saturated heterocycles. The van der Waals surface area contributed by atoms with Crippen LogP contribution in [0.15, 0.2) is 36.4 Å². The Kier molecular flexibility index (Phi) is 3.79. The van der Waals surface area contributed by atoms with Gasteiger partial charge >= 0.3 is 0 Å². The fraction of sp³-hybridized carbons (Fsp3) is 0.188. The summed E-state index contributed by atoms with van der Waals surface area (Å²) < 4.78 is 10.6. The van der Waals surface area contributed by atoms with Gasteiger partial charge in [0, 0.05) is 17.2 Å². The minimum atomic E-state index is -0.358. The predicted molar refractivity (Wildman–Crippen MR) is 82.0 cm³/mol. The minimum absolute atomic E-state index is 0.102. The maximum atomic E-state index is 12.7. The van der Waals surface area contributed by atoms with E-state index in [1.54, 1.807) is 12.1 Å². The highest BCUT2D eigenvalue weighted by Crippen LogP contribution is 2.38. The van der Waals surface area contributed by atoms with Crippen molar-refractivity contribution >= 4 is 29.0 Å². The molecule has 0 fully saturated rings. The molecule has 0 aliphatic carbocycles. The summed E-state index contributed by atoms with van der Waals surface area (Å²) in [6.45, 7) is 0.318. The molecule has 1 unspecified atom stereocenters. The third-order valence-electron chi connectivity index (χ3n) is 3.52. The highest BCUT2D eigenvalue weighted by molar-refractivity contribution is 6.37. The number of hydrogen-bond acceptors (Lipinski definition) is 3. The van der Waals surface area contributed by atoms with Gasteiger partial charge < -0.3 is 9.47 Å². The number of methoxy groups -OCH3 is 1. The van der Waals surface area contributed by atoms with Gasteiger partial charge in [-0.25, -0.2) is 0 Å². The van der Waals surface area contributed by atoms with Crippen LogP contribution in [-0.4, -0.2) is 19.5 Å². The summed E-state index contributed by atoms with van der Waals surface area (Å²) >= 11 is 12.3. The zero-order chi connectivity index (χ0) is 15.0. The van der Waals surface area contributed by atoms with Crippen molar-refractivity contribution in [2.24, 2.45) is 0 Å². The average molecular weight is 323 g/mol. The van der Waals surface area contributed by atoms with Crippen LogP contribution in [0.5, 0.6) is 11.5 Å². The fourth-order valence-corrected chi connectivity index (χ4v) is 2.93. The molecule has 1 heterocycles. The van der Waals surface area contributed by atoms with Crippen LogP contribution in [-0.2, 0) is 0 Å². The van der Waals surface area contributed by atoms with Crippen LogP contribution >= 0.6 is 23.2 Å². The quantitative estimate of drug-likeness (QED) is 0.787. The molecule has 2 aromatic rings. The first-order chi connectivity index (χ1) is 10.1. The Morgan fingerprint density at radius 1 is 1.24 bits per heavy atom. The second-order valence-electron chi connectivity index (χ2n) is 4.73. The Balaban J connectivity index is 1.99. The van der Waals surface area contributed by atoms with Crippen molar-refractivity contribution in [2.75, 3.05) is 13.7 Å². The number of fused-ring (bicyclic) bond motifs is 1. The standard InChI is InChI=1S/C16H12Cl2O3/c1-20-15-7-12(17)10(6-13(15)18)16(19)11-8-21-14-5-3-2-4-9(11)14/h2-7,11H,8H2,1H3. The molecular formula is C16H12Cl2O3. The molecule has 0 saturated carbocycles. The zero-order valence-corrected chi connectivity index (χ0v) is 12.7. The van der Waals surface area contributed by atoms with E-state index in [0.717, 1.165) is 11.3 Å². The first-order valence-electron chi connectivity index (χ1n) is 6.40. The highest BCUT2D eigenvalue weighted by Gasteiger charge is 2.32. The topological polar surface area (TPSA) is 35.5 Å². The molecule has 5 heteroatoms. The number of para-hydroxylation sites is 1. The van der Waals surface area contributed by atoms with Gasteiger partial charge in [-0.05, 0) is 12.1 Å². The summed E-state index contributed by atoms with van der Waals surface area (Å²) in [5.74, 6) is 0.727. The van der Waals surface area contributed by atoms with E-state index in [9.17, 15) is 4.79 Å². The van der Waals surface area contributed by atoms with Crippen LogP contribution in [0.3, 0.4) is 0 Å². The van der Waals surface area contributed by atoms with Crippen molar-refractivity contribution < 1.29 is 14.3 Å². The van der Waals surface area contributed by atoms with Gasteiger partial charge in [0.05, 0.1) is 23.1 Å². The summed E-state index contributed by atoms with van der Waals surface area (Å²) in [5.41, 5.74) is 1.26. The lowest BCUT2D eigenvalue weighted by atomic mass is 9.92. The first-order valence-corrected chi connectivity index (χ1v) is 7.16. The second-order valence-corrected chi connectivity index (χ2v) is 5.55. The first kappa shape index (κ1) is 14.2. The number of hydrogen-bond donors (Lipinski definition) is 0. The highest BCUT2D eigenvalue weighted by atomic mass is 35.5. The van der Waals surface area contributed by atoms with E-state index in [2.05, 4.69) is 0 Å². The number of rotatable bonds is 3. The summed E-state index contributed by atoms with van der Waals surface area (Å²) in [7, 11) is 1.50. The Hall–Kier alpha value is -1.71. The summed E-state index contributed by atoms with van der Waals surface area (Å²) in [5, 5.41) is 0.683. The number of carbonyl (C=O) groups is 1. The van der Waals surface area contributed by atoms with Crippen molar-refractivity contribution in [1.82, 2.24) is 0 Å². The average Bonchev–Trinajstić information content (AvgIpc) is 2.92. The molecule has 0 radical (unpaired) electrons. The summed E-state index contributed by atoms with van der Waals surface area (Å²) in [6, 6.07) is 10.6. The molecule has 0 N–H and O–H groups in total. The molecule has 1 aliphatic rings. The lowest BCUT2D eigenvalue weighted by molar-refractivity contribution is 0.0947. The SMILES string of the molecule is COc1cc(Cl)c(C(=O)C2COc3ccccc32)cc1Cl. The van der Waals surface area contributed by atoms with Gasteiger partial charge in [0.2, 0.25) is 0 Å². The second kappa shape index (κ2) is 5.58. The molecule has 0 aromatic heterocycles. The molecule has 3 rings (SSSR count). The summed E-state index contributed by atoms with van der Waals surface area (Å²) in [6.07, 6.45) is 0. The number of benzene rings is 2. The lowest BCUT2D eigenvalue weighted by Crippen LogP contribution is -2.15. The van der Waals surface area contributed by atoms with Crippen LogP contribution in [0.1, 0.15) is 21.8 Å². The number of Topliss-reactive ketones (excluding diaryl/α,β-unsaturated/α-hetero) is 1. The van der Waals surface area contributed by atoms with E-state index in [4.69, 9.17) is 32.7 Å². The van der Waals surface area contributed by atoms with Gasteiger partial charge in [0.15, 0.2) is 5.78 Å². The fourth-order valence-electron chi connectivity index (χ4n) is 2.44. The molecule has 0 spiro atoms. The van der Waals surface area contributed by atoms with Gasteiger partial charge in [-0.15, -0.1) is 0 Å². The minimum Gasteiger partial charge on any atom is -0.495 e. The number of halogens is 2. The Morgan fingerprint density at radius 2 is 2.00 bits per heavy atom. The van der Waals surface area contributed by atoms with Crippen molar-refractivity contribution in [3.8, 4) is 11.5 Å². The molecule has 21 heavy (non-hydrogen) atoms. The maximum absolute atomic E-state index is 12.7. The van der Waals surface area contributed by atoms with E-state index in [1.165, 1.54) is 7.11 Å². The largest absolute Gasteiger partial charge is 0.495 e. The monoisotopic (exact) mass is 322 g/mol. The number of ether oxygens (including phenoxy) is 2. The van der Waals surface area contributed by atoms with Gasteiger partial charge in [-0.1, -0.05) is 41.4 Å². The molecule has 1 aliphatic heterocycles. The summed E-state index contributed by atoms with van der Waals surface area (Å²) in [4.78, 5) is 12.7. The van der Waals surface area contributed by atoms with Crippen molar-refractivity contribution in [3.05, 3.63) is 57.6 Å². The molecule has 2 aromatic carbocycles. The van der Waals surface area contributed by atoms with Crippen molar-refractivity contribution in [1.29, 1.82) is 0 Å². The van der Waals surface area contributed by atoms with Crippen LogP contribution < -0.4 is 9.47 Å². The molecule has 0 amide bonds.